The van der Waals surface area contributed by atoms with Crippen LogP contribution in [-0.4, -0.2) is 23.0 Å². The number of carbonyl (C=O) groups is 1. The van der Waals surface area contributed by atoms with Gasteiger partial charge < -0.3 is 20.7 Å². The topological polar surface area (TPSA) is 136 Å². The summed E-state index contributed by atoms with van der Waals surface area (Å²) in [7, 11) is 1.54. The highest BCUT2D eigenvalue weighted by Gasteiger charge is 2.23. The Bertz CT molecular complexity index is 1590. The van der Waals surface area contributed by atoms with E-state index in [1.807, 2.05) is 49.6 Å². The van der Waals surface area contributed by atoms with E-state index < -0.39 is 0 Å². The number of anilines is 4. The van der Waals surface area contributed by atoms with E-state index in [0.29, 0.717) is 29.3 Å². The first-order valence-electron chi connectivity index (χ1n) is 12.3. The number of allylic oxidation sites excluding steroid dienone is 1. The highest BCUT2D eigenvalue weighted by atomic mass is 32.1. The molecule has 0 spiro atoms. The number of aromatic nitrogens is 2. The molecule has 0 fully saturated rings. The summed E-state index contributed by atoms with van der Waals surface area (Å²) in [4.78, 5) is 23.9. The minimum Gasteiger partial charge on any atom is -0.378 e. The van der Waals surface area contributed by atoms with E-state index in [9.17, 15) is 4.79 Å². The largest absolute Gasteiger partial charge is 0.378 e. The smallest absolute Gasteiger partial charge is 0.257 e. The molecule has 0 atom stereocenters. The van der Waals surface area contributed by atoms with Gasteiger partial charge in [0.25, 0.3) is 5.91 Å². The Morgan fingerprint density at radius 3 is 2.45 bits per heavy atom. The molecule has 0 aliphatic carbocycles. The van der Waals surface area contributed by atoms with Crippen LogP contribution in [0, 0.1) is 36.5 Å². The first-order valence-corrected chi connectivity index (χ1v) is 13.2. The summed E-state index contributed by atoms with van der Waals surface area (Å²) in [6.07, 6.45) is 3.17. The molecule has 0 unspecified atom stereocenters. The van der Waals surface area contributed by atoms with Gasteiger partial charge in [0.2, 0.25) is 5.95 Å². The second-order valence-corrected chi connectivity index (χ2v) is 9.88. The van der Waals surface area contributed by atoms with E-state index in [-0.39, 0.29) is 24.0 Å². The Hall–Kier alpha value is -5.03. The van der Waals surface area contributed by atoms with Crippen LogP contribution < -0.4 is 16.0 Å². The number of amides is 1. The molecule has 9 nitrogen and oxygen atoms in total. The maximum absolute atomic E-state index is 13.6. The van der Waals surface area contributed by atoms with Crippen molar-refractivity contribution in [2.75, 3.05) is 17.7 Å². The van der Waals surface area contributed by atoms with Gasteiger partial charge in [0.15, 0.2) is 0 Å². The number of ether oxygens (including phenoxy) is 1. The molecule has 0 bridgehead atoms. The number of hydrogen-bond acceptors (Lipinski definition) is 9. The Labute approximate surface area is 236 Å². The number of hydrogen-bond donors (Lipinski definition) is 3. The van der Waals surface area contributed by atoms with Crippen molar-refractivity contribution in [2.24, 2.45) is 0 Å². The molecule has 4 aromatic rings. The summed E-state index contributed by atoms with van der Waals surface area (Å²) in [6, 6.07) is 18.8. The summed E-state index contributed by atoms with van der Waals surface area (Å²) in [6.45, 7) is 4.34. The molecule has 0 aliphatic heterocycles. The number of nitrogens with one attached hydrogen (secondary N) is 3. The van der Waals surface area contributed by atoms with Crippen molar-refractivity contribution in [2.45, 2.75) is 27.0 Å². The molecule has 200 valence electrons. The minimum atomic E-state index is -0.336. The van der Waals surface area contributed by atoms with Crippen LogP contribution >= 0.6 is 11.3 Å². The van der Waals surface area contributed by atoms with Gasteiger partial charge in [-0.1, -0.05) is 6.07 Å². The lowest BCUT2D eigenvalue weighted by molar-refractivity contribution is 0.0946. The van der Waals surface area contributed by atoms with Gasteiger partial charge in [0.1, 0.15) is 11.4 Å². The van der Waals surface area contributed by atoms with Gasteiger partial charge in [0, 0.05) is 29.4 Å². The third kappa shape index (κ3) is 6.88. The molecule has 4 rings (SSSR count). The molecule has 2 aromatic carbocycles. The van der Waals surface area contributed by atoms with Crippen molar-refractivity contribution >= 4 is 46.5 Å². The first-order chi connectivity index (χ1) is 19.4. The predicted molar refractivity (Wildman–Crippen MR) is 157 cm³/mol. The maximum Gasteiger partial charge on any atom is 0.257 e. The zero-order valence-electron chi connectivity index (χ0n) is 22.3. The fraction of sp³-hybridized carbons (Fsp3) is 0.167. The van der Waals surface area contributed by atoms with Crippen molar-refractivity contribution in [3.05, 3.63) is 98.4 Å². The number of thiophene rings is 1. The lowest BCUT2D eigenvalue weighted by Crippen LogP contribution is -2.26. The number of nitrogens with zero attached hydrogens (tertiary/aromatic N) is 4. The van der Waals surface area contributed by atoms with Crippen molar-refractivity contribution in [3.63, 3.8) is 0 Å². The molecule has 0 aliphatic rings. The first kappa shape index (κ1) is 28.0. The monoisotopic (exact) mass is 549 g/mol. The van der Waals surface area contributed by atoms with E-state index >= 15 is 0 Å². The van der Waals surface area contributed by atoms with Gasteiger partial charge in [-0.2, -0.15) is 15.5 Å². The van der Waals surface area contributed by atoms with Crippen LogP contribution in [0.15, 0.2) is 60.0 Å². The van der Waals surface area contributed by atoms with Crippen molar-refractivity contribution in [1.29, 1.82) is 10.5 Å². The molecule has 1 amide bonds. The lowest BCUT2D eigenvalue weighted by Gasteiger charge is -2.19. The van der Waals surface area contributed by atoms with Crippen molar-refractivity contribution < 1.29 is 9.53 Å². The molecular formula is C30H27N7O2S. The number of nitriles is 2. The third-order valence-corrected chi connectivity index (χ3v) is 6.79. The van der Waals surface area contributed by atoms with Crippen molar-refractivity contribution in [1.82, 2.24) is 15.3 Å². The summed E-state index contributed by atoms with van der Waals surface area (Å²) in [5, 5.41) is 29.5. The molecule has 10 heteroatoms. The average molecular weight is 550 g/mol. The second kappa shape index (κ2) is 13.2. The Morgan fingerprint density at radius 1 is 1.07 bits per heavy atom. The highest BCUT2D eigenvalue weighted by Crippen LogP contribution is 2.30. The van der Waals surface area contributed by atoms with Gasteiger partial charge in [-0.15, -0.1) is 11.3 Å². The quantitative estimate of drug-likeness (QED) is 0.201. The molecule has 0 saturated carbocycles. The molecule has 2 heterocycles. The summed E-state index contributed by atoms with van der Waals surface area (Å²) in [5.74, 6) is 0.239. The zero-order valence-corrected chi connectivity index (χ0v) is 23.1. The van der Waals surface area contributed by atoms with Crippen molar-refractivity contribution in [3.8, 4) is 12.1 Å². The normalized spacial score (nSPS) is 10.6. The van der Waals surface area contributed by atoms with Crippen LogP contribution in [0.1, 0.15) is 43.2 Å². The van der Waals surface area contributed by atoms with E-state index in [0.717, 1.165) is 27.3 Å². The van der Waals surface area contributed by atoms with Crippen LogP contribution in [-0.2, 0) is 17.9 Å². The summed E-state index contributed by atoms with van der Waals surface area (Å²) in [5.41, 5.74) is 5.40. The van der Waals surface area contributed by atoms with Gasteiger partial charge in [-0.25, -0.2) is 4.98 Å². The van der Waals surface area contributed by atoms with E-state index in [2.05, 4.69) is 27.0 Å². The van der Waals surface area contributed by atoms with E-state index in [1.165, 1.54) is 13.2 Å². The highest BCUT2D eigenvalue weighted by molar-refractivity contribution is 7.09. The van der Waals surface area contributed by atoms with Gasteiger partial charge in [0.05, 0.1) is 36.5 Å². The second-order valence-electron chi connectivity index (χ2n) is 8.84. The number of carbonyl (C=O) groups excluding carboxylic acids is 1. The standard InChI is InChI=1S/C30H27N7O2S/c1-19-14-22(6-4-12-31)15-20(2)27(19)36-28-26(29(38)33-17-24-7-5-13-40-24)25(18-39-3)35-30(37-28)34-23-10-8-21(16-32)9-11-23/h4-11,13-15H,17-18H2,1-3H3,(H,33,38)(H2,34,35,36,37)/b6-4+. The summed E-state index contributed by atoms with van der Waals surface area (Å²) < 4.78 is 5.42. The fourth-order valence-electron chi connectivity index (χ4n) is 4.10. The fourth-order valence-corrected chi connectivity index (χ4v) is 4.75. The van der Waals surface area contributed by atoms with Gasteiger partial charge in [-0.3, -0.25) is 4.79 Å². The lowest BCUT2D eigenvalue weighted by atomic mass is 10.0. The van der Waals surface area contributed by atoms with Crippen LogP contribution in [0.4, 0.5) is 23.1 Å². The Kier molecular flexibility index (Phi) is 9.21. The minimum absolute atomic E-state index is 0.0802. The predicted octanol–water partition coefficient (Wildman–Crippen LogP) is 6.13. The molecular weight excluding hydrogens is 522 g/mol. The number of rotatable bonds is 10. The molecule has 3 N–H and O–H groups in total. The number of benzene rings is 2. The van der Waals surface area contributed by atoms with Gasteiger partial charge in [-0.05, 0) is 84.5 Å². The van der Waals surface area contributed by atoms with E-state index in [1.54, 1.807) is 41.7 Å². The Balaban J connectivity index is 1.77. The number of methoxy groups -OCH3 is 1. The van der Waals surface area contributed by atoms with Crippen LogP contribution in [0.5, 0.6) is 0 Å². The summed E-state index contributed by atoms with van der Waals surface area (Å²) >= 11 is 1.56. The molecule has 0 radical (unpaired) electrons. The third-order valence-electron chi connectivity index (χ3n) is 5.91. The molecule has 0 saturated heterocycles. The van der Waals surface area contributed by atoms with Crippen LogP contribution in [0.3, 0.4) is 0 Å². The number of aryl methyl sites for hydroxylation is 2. The Morgan fingerprint density at radius 2 is 1.82 bits per heavy atom. The SMILES string of the molecule is COCc1nc(Nc2ccc(C#N)cc2)nc(Nc2c(C)cc(/C=C/C#N)cc2C)c1C(=O)NCc1cccs1. The maximum atomic E-state index is 13.6. The molecule has 2 aromatic heterocycles. The van der Waals surface area contributed by atoms with E-state index in [4.69, 9.17) is 20.2 Å². The average Bonchev–Trinajstić information content (AvgIpc) is 3.47. The van der Waals surface area contributed by atoms with Crippen LogP contribution in [0.25, 0.3) is 6.08 Å². The van der Waals surface area contributed by atoms with Crippen LogP contribution in [0.2, 0.25) is 0 Å². The van der Waals surface area contributed by atoms with Gasteiger partial charge >= 0.3 is 0 Å². The molecule has 40 heavy (non-hydrogen) atoms. The zero-order chi connectivity index (χ0) is 28.5.